The summed E-state index contributed by atoms with van der Waals surface area (Å²) in [5.41, 5.74) is 3.29. The third kappa shape index (κ3) is 4.96. The molecule has 6 heteroatoms. The zero-order valence-corrected chi connectivity index (χ0v) is 16.6. The minimum Gasteiger partial charge on any atom is -0.322 e. The molecule has 0 saturated heterocycles. The Morgan fingerprint density at radius 2 is 1.63 bits per heavy atom. The van der Waals surface area contributed by atoms with Crippen LogP contribution >= 0.6 is 0 Å². The predicted octanol–water partition coefficient (Wildman–Crippen LogP) is 4.17. The third-order valence-corrected chi connectivity index (χ3v) is 6.52. The van der Waals surface area contributed by atoms with Crippen LogP contribution in [0.15, 0.2) is 47.4 Å². The number of aryl methyl sites for hydroxylation is 2. The fourth-order valence-electron chi connectivity index (χ4n) is 3.44. The van der Waals surface area contributed by atoms with Gasteiger partial charge in [-0.25, -0.2) is 13.1 Å². The van der Waals surface area contributed by atoms with Gasteiger partial charge in [-0.05, 0) is 62.6 Å². The molecular formula is C21H26N2O3S. The average molecular weight is 387 g/mol. The van der Waals surface area contributed by atoms with E-state index in [1.807, 2.05) is 32.0 Å². The molecule has 0 aromatic heterocycles. The topological polar surface area (TPSA) is 75.3 Å². The molecule has 1 saturated carbocycles. The van der Waals surface area contributed by atoms with Gasteiger partial charge in [-0.15, -0.1) is 0 Å². The molecule has 1 fully saturated rings. The van der Waals surface area contributed by atoms with Gasteiger partial charge < -0.3 is 5.32 Å². The Balaban J connectivity index is 1.69. The SMILES string of the molecule is Cc1ccc(NC(=O)c2ccc(S(=O)(=O)NC3CCCCC3)cc2)c(C)c1. The van der Waals surface area contributed by atoms with E-state index in [-0.39, 0.29) is 16.8 Å². The van der Waals surface area contributed by atoms with E-state index in [4.69, 9.17) is 0 Å². The highest BCUT2D eigenvalue weighted by Gasteiger charge is 2.22. The van der Waals surface area contributed by atoms with Gasteiger partial charge >= 0.3 is 0 Å². The third-order valence-electron chi connectivity index (χ3n) is 4.98. The maximum absolute atomic E-state index is 12.5. The van der Waals surface area contributed by atoms with Crippen LogP contribution in [0, 0.1) is 13.8 Å². The van der Waals surface area contributed by atoms with Crippen molar-refractivity contribution in [2.24, 2.45) is 0 Å². The van der Waals surface area contributed by atoms with Crippen molar-refractivity contribution in [1.82, 2.24) is 4.72 Å². The summed E-state index contributed by atoms with van der Waals surface area (Å²) in [6.07, 6.45) is 5.06. The molecule has 0 atom stereocenters. The minimum absolute atomic E-state index is 0.0104. The van der Waals surface area contributed by atoms with Gasteiger partial charge in [0.25, 0.3) is 5.91 Å². The molecule has 2 aromatic carbocycles. The first-order valence-corrected chi connectivity index (χ1v) is 10.8. The molecular weight excluding hydrogens is 360 g/mol. The van der Waals surface area contributed by atoms with E-state index >= 15 is 0 Å². The van der Waals surface area contributed by atoms with Gasteiger partial charge in [0.05, 0.1) is 4.90 Å². The average Bonchev–Trinajstić information content (AvgIpc) is 2.64. The fraction of sp³-hybridized carbons (Fsp3) is 0.381. The van der Waals surface area contributed by atoms with Crippen LogP contribution in [-0.2, 0) is 10.0 Å². The predicted molar refractivity (Wildman–Crippen MR) is 108 cm³/mol. The van der Waals surface area contributed by atoms with Crippen molar-refractivity contribution in [3.63, 3.8) is 0 Å². The van der Waals surface area contributed by atoms with E-state index in [9.17, 15) is 13.2 Å². The molecule has 0 unspecified atom stereocenters. The van der Waals surface area contributed by atoms with Crippen molar-refractivity contribution in [2.75, 3.05) is 5.32 Å². The number of benzene rings is 2. The Labute approximate surface area is 161 Å². The van der Waals surface area contributed by atoms with Crippen LogP contribution in [-0.4, -0.2) is 20.4 Å². The second-order valence-electron chi connectivity index (χ2n) is 7.25. The molecule has 144 valence electrons. The summed E-state index contributed by atoms with van der Waals surface area (Å²) in [7, 11) is -3.55. The smallest absolute Gasteiger partial charge is 0.255 e. The van der Waals surface area contributed by atoms with Crippen LogP contribution in [0.25, 0.3) is 0 Å². The van der Waals surface area contributed by atoms with Gasteiger partial charge in [-0.2, -0.15) is 0 Å². The molecule has 1 amide bonds. The van der Waals surface area contributed by atoms with Crippen LogP contribution in [0.4, 0.5) is 5.69 Å². The molecule has 27 heavy (non-hydrogen) atoms. The lowest BCUT2D eigenvalue weighted by atomic mass is 9.96. The van der Waals surface area contributed by atoms with Crippen LogP contribution < -0.4 is 10.0 Å². The number of sulfonamides is 1. The van der Waals surface area contributed by atoms with Crippen LogP contribution in [0.3, 0.4) is 0 Å². The van der Waals surface area contributed by atoms with Gasteiger partial charge in [0.1, 0.15) is 0 Å². The maximum atomic E-state index is 12.5. The lowest BCUT2D eigenvalue weighted by Crippen LogP contribution is -2.36. The quantitative estimate of drug-likeness (QED) is 0.810. The van der Waals surface area contributed by atoms with E-state index in [1.54, 1.807) is 12.1 Å². The molecule has 2 N–H and O–H groups in total. The summed E-state index contributed by atoms with van der Waals surface area (Å²) in [4.78, 5) is 12.6. The van der Waals surface area contributed by atoms with Gasteiger partial charge in [0, 0.05) is 17.3 Å². The van der Waals surface area contributed by atoms with Crippen LogP contribution in [0.2, 0.25) is 0 Å². The van der Waals surface area contributed by atoms with Crippen LogP contribution in [0.5, 0.6) is 0 Å². The van der Waals surface area contributed by atoms with E-state index < -0.39 is 10.0 Å². The standard InChI is InChI=1S/C21H26N2O3S/c1-15-8-13-20(16(2)14-15)22-21(24)17-9-11-19(12-10-17)27(25,26)23-18-6-4-3-5-7-18/h8-14,18,23H,3-7H2,1-2H3,(H,22,24). The number of anilines is 1. The van der Waals surface area contributed by atoms with Crippen molar-refractivity contribution in [1.29, 1.82) is 0 Å². The molecule has 0 aliphatic heterocycles. The second kappa shape index (κ2) is 8.23. The van der Waals surface area contributed by atoms with E-state index in [0.717, 1.165) is 42.5 Å². The van der Waals surface area contributed by atoms with Crippen molar-refractivity contribution in [3.05, 3.63) is 59.2 Å². The number of rotatable bonds is 5. The summed E-state index contributed by atoms with van der Waals surface area (Å²) in [6.45, 7) is 3.94. The van der Waals surface area contributed by atoms with Gasteiger partial charge in [-0.3, -0.25) is 4.79 Å². The normalized spacial score (nSPS) is 15.5. The van der Waals surface area contributed by atoms with E-state index in [0.29, 0.717) is 5.56 Å². The van der Waals surface area contributed by atoms with E-state index in [2.05, 4.69) is 10.0 Å². The number of hydrogen-bond donors (Lipinski definition) is 2. The van der Waals surface area contributed by atoms with Gasteiger partial charge in [0.15, 0.2) is 0 Å². The van der Waals surface area contributed by atoms with Crippen molar-refractivity contribution in [2.45, 2.75) is 56.9 Å². The Kier molecular flexibility index (Phi) is 5.97. The Morgan fingerprint density at radius 3 is 2.26 bits per heavy atom. The molecule has 2 aromatic rings. The first-order chi connectivity index (χ1) is 12.8. The minimum atomic E-state index is -3.55. The zero-order chi connectivity index (χ0) is 19.4. The molecule has 0 bridgehead atoms. The number of nitrogens with one attached hydrogen (secondary N) is 2. The summed E-state index contributed by atoms with van der Waals surface area (Å²) in [5, 5.41) is 2.87. The van der Waals surface area contributed by atoms with Crippen LogP contribution in [0.1, 0.15) is 53.6 Å². The highest BCUT2D eigenvalue weighted by Crippen LogP contribution is 2.21. The summed E-state index contributed by atoms with van der Waals surface area (Å²) >= 11 is 0. The first kappa shape index (κ1) is 19.6. The summed E-state index contributed by atoms with van der Waals surface area (Å²) in [5.74, 6) is -0.258. The second-order valence-corrected chi connectivity index (χ2v) is 8.97. The summed E-state index contributed by atoms with van der Waals surface area (Å²) in [6, 6.07) is 11.9. The molecule has 1 aliphatic rings. The number of carbonyl (C=O) groups excluding carboxylic acids is 1. The molecule has 5 nitrogen and oxygen atoms in total. The van der Waals surface area contributed by atoms with E-state index in [1.165, 1.54) is 18.6 Å². The number of carbonyl (C=O) groups is 1. The lowest BCUT2D eigenvalue weighted by molar-refractivity contribution is 0.102. The first-order valence-electron chi connectivity index (χ1n) is 9.36. The molecule has 0 heterocycles. The van der Waals surface area contributed by atoms with Crippen molar-refractivity contribution < 1.29 is 13.2 Å². The monoisotopic (exact) mass is 386 g/mol. The fourth-order valence-corrected chi connectivity index (χ4v) is 4.75. The molecule has 0 spiro atoms. The zero-order valence-electron chi connectivity index (χ0n) is 15.8. The molecule has 0 radical (unpaired) electrons. The number of amides is 1. The Hall–Kier alpha value is -2.18. The highest BCUT2D eigenvalue weighted by atomic mass is 32.2. The lowest BCUT2D eigenvalue weighted by Gasteiger charge is -2.22. The Bertz CT molecular complexity index is 915. The summed E-state index contributed by atoms with van der Waals surface area (Å²) < 4.78 is 27.9. The molecule has 1 aliphatic carbocycles. The molecule has 3 rings (SSSR count). The number of hydrogen-bond acceptors (Lipinski definition) is 3. The highest BCUT2D eigenvalue weighted by molar-refractivity contribution is 7.89. The van der Waals surface area contributed by atoms with Gasteiger partial charge in [-0.1, -0.05) is 37.0 Å². The Morgan fingerprint density at radius 1 is 0.963 bits per heavy atom. The van der Waals surface area contributed by atoms with Crippen molar-refractivity contribution >= 4 is 21.6 Å². The van der Waals surface area contributed by atoms with Gasteiger partial charge in [0.2, 0.25) is 10.0 Å². The van der Waals surface area contributed by atoms with Crippen molar-refractivity contribution in [3.8, 4) is 0 Å². The largest absolute Gasteiger partial charge is 0.322 e. The maximum Gasteiger partial charge on any atom is 0.255 e.